The molecule has 1 aromatic carbocycles. The second kappa shape index (κ2) is 5.61. The van der Waals surface area contributed by atoms with Gasteiger partial charge in [-0.1, -0.05) is 0 Å². The summed E-state index contributed by atoms with van der Waals surface area (Å²) in [7, 11) is 0. The quantitative estimate of drug-likeness (QED) is 0.874. The first-order valence-electron chi connectivity index (χ1n) is 7.94. The van der Waals surface area contributed by atoms with Crippen LogP contribution < -0.4 is 10.3 Å². The maximum Gasteiger partial charge on any atom is 0.410 e. The summed E-state index contributed by atoms with van der Waals surface area (Å²) in [4.78, 5) is 28.1. The fourth-order valence-corrected chi connectivity index (χ4v) is 3.29. The Morgan fingerprint density at radius 1 is 1.22 bits per heavy atom. The van der Waals surface area contributed by atoms with E-state index in [1.54, 1.807) is 11.0 Å². The summed E-state index contributed by atoms with van der Waals surface area (Å²) in [5.41, 5.74) is 1.61. The number of nitrogens with zero attached hydrogens (tertiary/aromatic N) is 1. The van der Waals surface area contributed by atoms with Gasteiger partial charge in [-0.15, -0.1) is 0 Å². The minimum Gasteiger partial charge on any atom is -0.489 e. The first-order chi connectivity index (χ1) is 11.2. The van der Waals surface area contributed by atoms with Crippen molar-refractivity contribution in [2.75, 3.05) is 19.7 Å². The molecule has 4 rings (SSSR count). The number of likely N-dealkylation sites (tertiary alicyclic amines) is 1. The predicted molar refractivity (Wildman–Crippen MR) is 84.8 cm³/mol. The molecule has 0 radical (unpaired) electrons. The first kappa shape index (κ1) is 14.1. The van der Waals surface area contributed by atoms with E-state index in [0.717, 1.165) is 48.1 Å². The van der Waals surface area contributed by atoms with Gasteiger partial charge in [0.15, 0.2) is 0 Å². The third-order valence-electron chi connectivity index (χ3n) is 4.46. The van der Waals surface area contributed by atoms with Crippen molar-refractivity contribution in [2.24, 2.45) is 0 Å². The highest BCUT2D eigenvalue weighted by Gasteiger charge is 2.28. The summed E-state index contributed by atoms with van der Waals surface area (Å²) in [6, 6.07) is 6.99. The number of benzene rings is 1. The number of hydrogen-bond donors (Lipinski definition) is 1. The van der Waals surface area contributed by atoms with Gasteiger partial charge in [0.2, 0.25) is 5.56 Å². The lowest BCUT2D eigenvalue weighted by Gasteiger charge is -2.27. The van der Waals surface area contributed by atoms with E-state index in [1.807, 2.05) is 12.1 Å². The standard InChI is InChI=1S/C17H18N2O4/c20-16-6-3-12-13-9-11(23-17(21)19-7-1-2-8-19)10-22-15(13)5-4-14(12)18-16/h3-6,11H,1-2,7-10H2,(H,18,20). The number of pyridine rings is 1. The van der Waals surface area contributed by atoms with Gasteiger partial charge in [0.1, 0.15) is 18.5 Å². The van der Waals surface area contributed by atoms with Crippen LogP contribution >= 0.6 is 0 Å². The average molecular weight is 314 g/mol. The summed E-state index contributed by atoms with van der Waals surface area (Å²) in [6.45, 7) is 1.90. The summed E-state index contributed by atoms with van der Waals surface area (Å²) < 4.78 is 11.3. The molecule has 120 valence electrons. The van der Waals surface area contributed by atoms with Crippen molar-refractivity contribution in [1.82, 2.24) is 9.88 Å². The van der Waals surface area contributed by atoms with Gasteiger partial charge in [0, 0.05) is 42.0 Å². The summed E-state index contributed by atoms with van der Waals surface area (Å²) in [5.74, 6) is 0.790. The number of fused-ring (bicyclic) bond motifs is 3. The SMILES string of the molecule is O=C(OC1COc2ccc3[nH]c(=O)ccc3c2C1)N1CCCC1. The van der Waals surface area contributed by atoms with Crippen molar-refractivity contribution in [3.05, 3.63) is 40.2 Å². The minimum atomic E-state index is -0.298. The van der Waals surface area contributed by atoms with Crippen LogP contribution in [-0.4, -0.2) is 41.8 Å². The Labute approximate surface area is 133 Å². The van der Waals surface area contributed by atoms with E-state index < -0.39 is 0 Å². The molecule has 3 heterocycles. The normalized spacial score (nSPS) is 20.2. The molecule has 2 aromatic rings. The van der Waals surface area contributed by atoms with Crippen molar-refractivity contribution in [1.29, 1.82) is 0 Å². The molecule has 1 atom stereocenters. The van der Waals surface area contributed by atoms with E-state index in [1.165, 1.54) is 6.07 Å². The summed E-state index contributed by atoms with van der Waals surface area (Å²) in [6.07, 6.45) is 2.12. The number of H-pyrrole nitrogens is 1. The number of ether oxygens (including phenoxy) is 2. The van der Waals surface area contributed by atoms with Crippen LogP contribution in [0.5, 0.6) is 5.75 Å². The van der Waals surface area contributed by atoms with E-state index >= 15 is 0 Å². The highest BCUT2D eigenvalue weighted by atomic mass is 16.6. The minimum absolute atomic E-state index is 0.133. The monoisotopic (exact) mass is 314 g/mol. The molecular formula is C17H18N2O4. The number of aromatic nitrogens is 1. The van der Waals surface area contributed by atoms with Crippen molar-refractivity contribution >= 4 is 17.0 Å². The fraction of sp³-hybridized carbons (Fsp3) is 0.412. The van der Waals surface area contributed by atoms with Crippen LogP contribution in [0.4, 0.5) is 4.79 Å². The third kappa shape index (κ3) is 2.65. The molecule has 1 amide bonds. The molecule has 0 spiro atoms. The molecule has 0 saturated carbocycles. The van der Waals surface area contributed by atoms with Crippen molar-refractivity contribution in [3.63, 3.8) is 0 Å². The van der Waals surface area contributed by atoms with Crippen molar-refractivity contribution in [2.45, 2.75) is 25.4 Å². The number of rotatable bonds is 1. The van der Waals surface area contributed by atoms with Crippen LogP contribution in [0.25, 0.3) is 10.9 Å². The molecule has 0 aliphatic carbocycles. The predicted octanol–water partition coefficient (Wildman–Crippen LogP) is 2.06. The number of hydrogen-bond acceptors (Lipinski definition) is 4. The van der Waals surface area contributed by atoms with E-state index in [2.05, 4.69) is 4.98 Å². The Bertz CT molecular complexity index is 808. The van der Waals surface area contributed by atoms with Crippen LogP contribution in [0.3, 0.4) is 0 Å². The second-order valence-electron chi connectivity index (χ2n) is 6.04. The molecule has 1 aromatic heterocycles. The van der Waals surface area contributed by atoms with Gasteiger partial charge in [-0.05, 0) is 31.0 Å². The highest BCUT2D eigenvalue weighted by Crippen LogP contribution is 2.31. The molecule has 2 aliphatic rings. The Morgan fingerprint density at radius 2 is 2.04 bits per heavy atom. The lowest BCUT2D eigenvalue weighted by atomic mass is 9.99. The van der Waals surface area contributed by atoms with Gasteiger partial charge in [-0.3, -0.25) is 4.79 Å². The van der Waals surface area contributed by atoms with Gasteiger partial charge < -0.3 is 19.4 Å². The third-order valence-corrected chi connectivity index (χ3v) is 4.46. The molecular weight excluding hydrogens is 296 g/mol. The molecule has 1 N–H and O–H groups in total. The molecule has 6 nitrogen and oxygen atoms in total. The molecule has 1 saturated heterocycles. The largest absolute Gasteiger partial charge is 0.489 e. The maximum absolute atomic E-state index is 12.1. The van der Waals surface area contributed by atoms with E-state index in [0.29, 0.717) is 13.0 Å². The van der Waals surface area contributed by atoms with Crippen molar-refractivity contribution < 1.29 is 14.3 Å². The number of carbonyl (C=O) groups is 1. The zero-order chi connectivity index (χ0) is 15.8. The molecule has 0 bridgehead atoms. The lowest BCUT2D eigenvalue weighted by Crippen LogP contribution is -2.37. The first-order valence-corrected chi connectivity index (χ1v) is 7.94. The zero-order valence-electron chi connectivity index (χ0n) is 12.7. The van der Waals surface area contributed by atoms with Gasteiger partial charge in [0.25, 0.3) is 0 Å². The van der Waals surface area contributed by atoms with Crippen LogP contribution in [0.15, 0.2) is 29.1 Å². The lowest BCUT2D eigenvalue weighted by molar-refractivity contribution is 0.0362. The van der Waals surface area contributed by atoms with Crippen LogP contribution in [0.2, 0.25) is 0 Å². The zero-order valence-corrected chi connectivity index (χ0v) is 12.7. The Balaban J connectivity index is 1.58. The van der Waals surface area contributed by atoms with Gasteiger partial charge in [-0.25, -0.2) is 4.79 Å². The second-order valence-corrected chi connectivity index (χ2v) is 6.04. The Morgan fingerprint density at radius 3 is 2.87 bits per heavy atom. The Hall–Kier alpha value is -2.50. The fourth-order valence-electron chi connectivity index (χ4n) is 3.29. The molecule has 2 aliphatic heterocycles. The topological polar surface area (TPSA) is 71.6 Å². The highest BCUT2D eigenvalue weighted by molar-refractivity contribution is 5.84. The van der Waals surface area contributed by atoms with Crippen molar-refractivity contribution in [3.8, 4) is 5.75 Å². The van der Waals surface area contributed by atoms with Crippen LogP contribution in [0, 0.1) is 0 Å². The molecule has 6 heteroatoms. The molecule has 1 unspecified atom stereocenters. The van der Waals surface area contributed by atoms with Gasteiger partial charge in [-0.2, -0.15) is 0 Å². The maximum atomic E-state index is 12.1. The molecule has 1 fully saturated rings. The van der Waals surface area contributed by atoms with Gasteiger partial charge in [0.05, 0.1) is 0 Å². The average Bonchev–Trinajstić information content (AvgIpc) is 3.09. The number of aromatic amines is 1. The smallest absolute Gasteiger partial charge is 0.410 e. The summed E-state index contributed by atoms with van der Waals surface area (Å²) in [5, 5.41) is 0.934. The van der Waals surface area contributed by atoms with Crippen LogP contribution in [0.1, 0.15) is 18.4 Å². The molecule has 23 heavy (non-hydrogen) atoms. The Kier molecular flexibility index (Phi) is 3.44. The number of nitrogens with one attached hydrogen (secondary N) is 1. The number of amides is 1. The van der Waals surface area contributed by atoms with E-state index in [-0.39, 0.29) is 17.8 Å². The van der Waals surface area contributed by atoms with E-state index in [9.17, 15) is 9.59 Å². The van der Waals surface area contributed by atoms with E-state index in [4.69, 9.17) is 9.47 Å². The number of carbonyl (C=O) groups excluding carboxylic acids is 1. The van der Waals surface area contributed by atoms with Crippen LogP contribution in [-0.2, 0) is 11.2 Å². The van der Waals surface area contributed by atoms with Gasteiger partial charge >= 0.3 is 6.09 Å². The summed E-state index contributed by atoms with van der Waals surface area (Å²) >= 11 is 0.